The van der Waals surface area contributed by atoms with Crippen molar-refractivity contribution >= 4 is 18.9 Å². The highest BCUT2D eigenvalue weighted by atomic mass is 19.1. The Morgan fingerprint density at radius 3 is 2.53 bits per heavy atom. The van der Waals surface area contributed by atoms with Gasteiger partial charge in [-0.05, 0) is 38.5 Å². The van der Waals surface area contributed by atoms with Crippen LogP contribution >= 0.6 is 0 Å². The molecule has 0 atom stereocenters. The maximum atomic E-state index is 13.6. The maximum absolute atomic E-state index is 13.6. The van der Waals surface area contributed by atoms with Crippen LogP contribution in [0.15, 0.2) is 18.2 Å². The highest BCUT2D eigenvalue weighted by molar-refractivity contribution is 6.40. The lowest BCUT2D eigenvalue weighted by atomic mass is 9.82. The van der Waals surface area contributed by atoms with E-state index in [9.17, 15) is 9.18 Å². The molecule has 1 rings (SSSR count). The van der Waals surface area contributed by atoms with E-state index < -0.39 is 24.6 Å². The topological polar surface area (TPSA) is 78.8 Å². The van der Waals surface area contributed by atoms with Gasteiger partial charge in [-0.1, -0.05) is 6.07 Å². The molecule has 0 bridgehead atoms. The minimum absolute atomic E-state index is 0.157. The number of anilines is 1. The van der Waals surface area contributed by atoms with Gasteiger partial charge in [0.25, 0.3) is 0 Å². The molecule has 1 amide bonds. The van der Waals surface area contributed by atoms with Crippen LogP contribution in [0.1, 0.15) is 26.3 Å². The quantitative estimate of drug-likeness (QED) is 0.730. The number of ether oxygens (including phenoxy) is 1. The zero-order valence-electron chi connectivity index (χ0n) is 11.1. The van der Waals surface area contributed by atoms with Crippen molar-refractivity contribution < 1.29 is 24.0 Å². The van der Waals surface area contributed by atoms with Gasteiger partial charge in [0.15, 0.2) is 0 Å². The summed E-state index contributed by atoms with van der Waals surface area (Å²) in [4.78, 5) is 11.5. The highest BCUT2D eigenvalue weighted by Gasteiger charge is 2.17. The Morgan fingerprint density at radius 2 is 2.05 bits per heavy atom. The van der Waals surface area contributed by atoms with Crippen LogP contribution in [0.4, 0.5) is 14.9 Å². The number of benzene rings is 1. The van der Waals surface area contributed by atoms with Gasteiger partial charge in [0.2, 0.25) is 0 Å². The van der Waals surface area contributed by atoms with Crippen molar-refractivity contribution in [1.82, 2.24) is 0 Å². The molecule has 104 valence electrons. The summed E-state index contributed by atoms with van der Waals surface area (Å²) in [6.07, 6.45) is -0.889. The molecule has 19 heavy (non-hydrogen) atoms. The molecular formula is C12H17BFNO4. The molecule has 0 heterocycles. The first-order valence-corrected chi connectivity index (χ1v) is 5.82. The molecule has 0 aromatic heterocycles. The zero-order chi connectivity index (χ0) is 14.6. The van der Waals surface area contributed by atoms with Gasteiger partial charge < -0.3 is 14.8 Å². The van der Waals surface area contributed by atoms with Crippen LogP contribution in [0, 0.1) is 5.82 Å². The van der Waals surface area contributed by atoms with E-state index >= 15 is 0 Å². The van der Waals surface area contributed by atoms with E-state index in [0.29, 0.717) is 0 Å². The fraction of sp³-hybridized carbons (Fsp3) is 0.417. The van der Waals surface area contributed by atoms with Crippen molar-refractivity contribution in [3.63, 3.8) is 0 Å². The number of hydrogen-bond donors (Lipinski definition) is 3. The van der Waals surface area contributed by atoms with Gasteiger partial charge >= 0.3 is 13.2 Å². The standard InChI is InChI=1S/C12H17BFNO4/c1-12(2,3)19-11(16)15-9-5-4-8(7-13(17)18)10(14)6-9/h4-6,17-18H,7H2,1-3H3,(H,15,16). The second-order valence-corrected chi connectivity index (χ2v) is 5.12. The number of hydrogen-bond acceptors (Lipinski definition) is 4. The van der Waals surface area contributed by atoms with Gasteiger partial charge in [-0.2, -0.15) is 0 Å². The van der Waals surface area contributed by atoms with Crippen molar-refractivity contribution in [3.8, 4) is 0 Å². The summed E-state index contributed by atoms with van der Waals surface area (Å²) in [5.41, 5.74) is -0.239. The SMILES string of the molecule is CC(C)(C)OC(=O)Nc1ccc(CB(O)O)c(F)c1. The Hall–Kier alpha value is -1.60. The minimum Gasteiger partial charge on any atom is -0.444 e. The molecule has 7 heteroatoms. The van der Waals surface area contributed by atoms with Crippen LogP contribution < -0.4 is 5.32 Å². The lowest BCUT2D eigenvalue weighted by Crippen LogP contribution is -2.27. The second-order valence-electron chi connectivity index (χ2n) is 5.12. The number of rotatable bonds is 3. The van der Waals surface area contributed by atoms with E-state index in [-0.39, 0.29) is 17.6 Å². The third-order valence-corrected chi connectivity index (χ3v) is 2.10. The molecule has 0 aliphatic rings. The summed E-state index contributed by atoms with van der Waals surface area (Å²) in [6, 6.07) is 3.94. The summed E-state index contributed by atoms with van der Waals surface area (Å²) >= 11 is 0. The number of carbonyl (C=O) groups excluding carboxylic acids is 1. The molecule has 0 fully saturated rings. The van der Waals surface area contributed by atoms with Gasteiger partial charge in [0.1, 0.15) is 11.4 Å². The van der Waals surface area contributed by atoms with Gasteiger partial charge in [-0.3, -0.25) is 5.32 Å². The molecule has 0 aliphatic heterocycles. The lowest BCUT2D eigenvalue weighted by Gasteiger charge is -2.19. The van der Waals surface area contributed by atoms with Crippen molar-refractivity contribution in [2.75, 3.05) is 5.32 Å². The van der Waals surface area contributed by atoms with Crippen LogP contribution in [0.3, 0.4) is 0 Å². The molecule has 0 unspecified atom stereocenters. The molecule has 0 saturated carbocycles. The molecule has 0 saturated heterocycles. The third kappa shape index (κ3) is 5.72. The Labute approximate surface area is 111 Å². The maximum Gasteiger partial charge on any atom is 0.456 e. The first kappa shape index (κ1) is 15.5. The Bertz CT molecular complexity index is 460. The van der Waals surface area contributed by atoms with E-state index in [0.717, 1.165) is 6.07 Å². The van der Waals surface area contributed by atoms with Crippen LogP contribution in [-0.4, -0.2) is 28.9 Å². The summed E-state index contributed by atoms with van der Waals surface area (Å²) in [6.45, 7) is 5.16. The first-order chi connectivity index (χ1) is 8.67. The zero-order valence-corrected chi connectivity index (χ0v) is 11.1. The minimum atomic E-state index is -1.61. The number of halogens is 1. The number of amides is 1. The number of carbonyl (C=O) groups is 1. The summed E-state index contributed by atoms with van der Waals surface area (Å²) < 4.78 is 18.6. The smallest absolute Gasteiger partial charge is 0.444 e. The predicted octanol–water partition coefficient (Wildman–Crippen LogP) is 1.73. The Morgan fingerprint density at radius 1 is 1.42 bits per heavy atom. The predicted molar refractivity (Wildman–Crippen MR) is 70.2 cm³/mol. The molecule has 1 aromatic rings. The van der Waals surface area contributed by atoms with E-state index in [4.69, 9.17) is 14.8 Å². The van der Waals surface area contributed by atoms with E-state index in [1.807, 2.05) is 0 Å². The molecule has 0 aliphatic carbocycles. The Kier molecular flexibility index (Phi) is 4.91. The lowest BCUT2D eigenvalue weighted by molar-refractivity contribution is 0.0636. The van der Waals surface area contributed by atoms with Crippen molar-refractivity contribution in [2.45, 2.75) is 32.7 Å². The molecule has 5 nitrogen and oxygen atoms in total. The fourth-order valence-electron chi connectivity index (χ4n) is 1.41. The van der Waals surface area contributed by atoms with Crippen molar-refractivity contribution in [1.29, 1.82) is 0 Å². The van der Waals surface area contributed by atoms with Crippen LogP contribution in [0.5, 0.6) is 0 Å². The average molecular weight is 269 g/mol. The Balaban J connectivity index is 2.71. The molecular weight excluding hydrogens is 252 g/mol. The van der Waals surface area contributed by atoms with Crippen LogP contribution in [0.2, 0.25) is 0 Å². The fourth-order valence-corrected chi connectivity index (χ4v) is 1.41. The summed E-state index contributed by atoms with van der Waals surface area (Å²) in [5, 5.41) is 19.9. The summed E-state index contributed by atoms with van der Waals surface area (Å²) in [7, 11) is -1.61. The number of nitrogens with one attached hydrogen (secondary N) is 1. The second kappa shape index (κ2) is 6.03. The molecule has 1 aromatic carbocycles. The monoisotopic (exact) mass is 269 g/mol. The van der Waals surface area contributed by atoms with Gasteiger partial charge in [-0.15, -0.1) is 0 Å². The average Bonchev–Trinajstić information content (AvgIpc) is 2.18. The van der Waals surface area contributed by atoms with E-state index in [1.165, 1.54) is 12.1 Å². The summed E-state index contributed by atoms with van der Waals surface area (Å²) in [5.74, 6) is -0.623. The largest absolute Gasteiger partial charge is 0.456 e. The van der Waals surface area contributed by atoms with Crippen LogP contribution in [-0.2, 0) is 11.1 Å². The molecule has 0 radical (unpaired) electrons. The van der Waals surface area contributed by atoms with Gasteiger partial charge in [0.05, 0.1) is 0 Å². The molecule has 3 N–H and O–H groups in total. The van der Waals surface area contributed by atoms with Crippen LogP contribution in [0.25, 0.3) is 0 Å². The highest BCUT2D eigenvalue weighted by Crippen LogP contribution is 2.16. The molecule has 0 spiro atoms. The van der Waals surface area contributed by atoms with Gasteiger partial charge in [-0.25, -0.2) is 9.18 Å². The van der Waals surface area contributed by atoms with Crippen molar-refractivity contribution in [2.24, 2.45) is 0 Å². The van der Waals surface area contributed by atoms with E-state index in [1.54, 1.807) is 20.8 Å². The first-order valence-electron chi connectivity index (χ1n) is 5.82. The van der Waals surface area contributed by atoms with E-state index in [2.05, 4.69) is 5.32 Å². The third-order valence-electron chi connectivity index (χ3n) is 2.10. The van der Waals surface area contributed by atoms with Gasteiger partial charge in [0, 0.05) is 12.0 Å². The van der Waals surface area contributed by atoms with Crippen molar-refractivity contribution in [3.05, 3.63) is 29.6 Å². The normalized spacial score (nSPS) is 11.1.